The quantitative estimate of drug-likeness (QED) is 0.0272. The van der Waals surface area contributed by atoms with Crippen molar-refractivity contribution in [1.29, 1.82) is 0 Å². The molecule has 0 heterocycles. The Kier molecular flexibility index (Phi) is 59.9. The molecule has 0 aromatic rings. The monoisotopic (exact) mass is 1150 g/mol. The van der Waals surface area contributed by atoms with Gasteiger partial charge >= 0.3 is 15.6 Å². The maximum Gasteiger partial charge on any atom is 0.511 e. The number of ether oxygens (including phenoxy) is 3. The first-order valence-corrected chi connectivity index (χ1v) is 32.2. The zero-order valence-corrected chi connectivity index (χ0v) is 55.0. The minimum atomic E-state index is -2.03. The number of aliphatic hydroxyl groups excluding tert-OH is 2. The summed E-state index contributed by atoms with van der Waals surface area (Å²) in [6.45, 7) is 36.0. The Hall–Kier alpha value is -0.440. The maximum atomic E-state index is 10.5. The Morgan fingerprint density at radius 2 is 0.707 bits per heavy atom. The molecule has 2 N–H and O–H groups in total. The lowest BCUT2D eigenvalue weighted by Crippen LogP contribution is -2.15. The molecule has 0 amide bonds. The van der Waals surface area contributed by atoms with E-state index in [2.05, 4.69) is 113 Å². The number of rotatable bonds is 42. The predicted molar refractivity (Wildman–Crippen MR) is 331 cm³/mol. The summed E-state index contributed by atoms with van der Waals surface area (Å²) >= 11 is 20.2. The molecule has 0 aromatic carbocycles. The Bertz CT molecular complexity index is 1260. The van der Waals surface area contributed by atoms with E-state index in [1.807, 2.05) is 6.08 Å². The number of methoxy groups -OCH3 is 1. The van der Waals surface area contributed by atoms with E-state index in [1.54, 1.807) is 0 Å². The van der Waals surface area contributed by atoms with Crippen molar-refractivity contribution in [2.45, 2.75) is 294 Å². The van der Waals surface area contributed by atoms with Crippen molar-refractivity contribution >= 4 is 58.0 Å². The van der Waals surface area contributed by atoms with E-state index >= 15 is 0 Å². The number of allylic oxidation sites excluding steroid dienone is 1. The van der Waals surface area contributed by atoms with Crippen LogP contribution in [0.1, 0.15) is 290 Å². The van der Waals surface area contributed by atoms with Crippen LogP contribution < -0.4 is 0 Å². The summed E-state index contributed by atoms with van der Waals surface area (Å²) < 4.78 is 10.8. The number of alkyl halides is 3. The van der Waals surface area contributed by atoms with Crippen LogP contribution in [0.5, 0.6) is 0 Å². The molecule has 0 spiro atoms. The van der Waals surface area contributed by atoms with E-state index in [0.29, 0.717) is 25.0 Å². The van der Waals surface area contributed by atoms with E-state index in [0.717, 1.165) is 79.6 Å². The Morgan fingerprint density at radius 3 is 0.933 bits per heavy atom. The van der Waals surface area contributed by atoms with Gasteiger partial charge in [0.25, 0.3) is 0 Å². The van der Waals surface area contributed by atoms with Gasteiger partial charge in [-0.3, -0.25) is 0 Å². The molecule has 0 fully saturated rings. The van der Waals surface area contributed by atoms with Crippen LogP contribution in [0.3, 0.4) is 0 Å². The summed E-state index contributed by atoms with van der Waals surface area (Å²) in [6.07, 6.45) is 39.6. The van der Waals surface area contributed by atoms with Crippen molar-refractivity contribution in [3.8, 4) is 0 Å². The number of carbonyl (C=O) groups excluding carboxylic acids is 2. The van der Waals surface area contributed by atoms with Crippen LogP contribution in [0.4, 0.5) is 9.59 Å². The molecule has 0 rings (SSSR count). The van der Waals surface area contributed by atoms with Gasteiger partial charge in [0.05, 0.1) is 20.3 Å². The fourth-order valence-electron chi connectivity index (χ4n) is 9.54. The van der Waals surface area contributed by atoms with Crippen LogP contribution in [0.25, 0.3) is 0 Å². The lowest BCUT2D eigenvalue weighted by atomic mass is 9.91. The topological polar surface area (TPSA) is 102 Å². The highest BCUT2D eigenvalue weighted by atomic mass is 35.6. The SMILES string of the molecule is C/C(=C\CO)CCCC(C)CCCC(C)CCCC(C)C.CC(C)CCCC(C)CCCC(C)CCCC(C)CCO.CC(C)CCCC(C)CCCC(C)CCCC(C)CCOC(=O)Cl.COC(=O)OC(Cl)(Cl)Cl. The van der Waals surface area contributed by atoms with Gasteiger partial charge in [-0.1, -0.05) is 269 Å². The third-order valence-electron chi connectivity index (χ3n) is 14.9. The molecule has 0 aliphatic heterocycles. The highest BCUT2D eigenvalue weighted by Crippen LogP contribution is 2.28. The van der Waals surface area contributed by atoms with Gasteiger partial charge in [-0.05, 0) is 133 Å². The summed E-state index contributed by atoms with van der Waals surface area (Å²) in [6, 6.07) is 0. The summed E-state index contributed by atoms with van der Waals surface area (Å²) in [5, 5.41) is 17.7. The molecule has 0 aromatic heterocycles. The molecule has 8 unspecified atom stereocenters. The van der Waals surface area contributed by atoms with Crippen molar-refractivity contribution in [1.82, 2.24) is 0 Å². The Balaban J connectivity index is -0.000000466. The first kappa shape index (κ1) is 81.0. The second-order valence-electron chi connectivity index (χ2n) is 25.0. The van der Waals surface area contributed by atoms with E-state index in [4.69, 9.17) is 61.4 Å². The molecule has 0 saturated carbocycles. The van der Waals surface area contributed by atoms with Crippen molar-refractivity contribution < 1.29 is 34.0 Å². The zero-order chi connectivity index (χ0) is 58.0. The van der Waals surface area contributed by atoms with Gasteiger partial charge in [-0.2, -0.15) is 0 Å². The van der Waals surface area contributed by atoms with Gasteiger partial charge in [0, 0.05) is 18.2 Å². The molecular weight excluding hydrogens is 1020 g/mol. The Labute approximate surface area is 487 Å². The summed E-state index contributed by atoms with van der Waals surface area (Å²) in [5.41, 5.74) is 0.651. The van der Waals surface area contributed by atoms with Crippen LogP contribution in [-0.2, 0) is 14.2 Å². The second kappa shape index (κ2) is 55.5. The lowest BCUT2D eigenvalue weighted by molar-refractivity contribution is 0.0704. The number of hydrogen-bond acceptors (Lipinski definition) is 7. The summed E-state index contributed by atoms with van der Waals surface area (Å²) in [4.78, 5) is 20.6. The molecule has 0 aliphatic rings. The molecule has 0 aliphatic carbocycles. The van der Waals surface area contributed by atoms with Crippen LogP contribution in [0.2, 0.25) is 0 Å². The van der Waals surface area contributed by atoms with Crippen molar-refractivity contribution in [3.63, 3.8) is 0 Å². The largest absolute Gasteiger partial charge is 0.511 e. The normalized spacial score (nSPS) is 15.0. The standard InChI is InChI=1S/C21H41ClO2.C20H42O.C20H40O.C3H3Cl3O3/c1-17(2)9-6-10-18(3)11-7-12-19(4)13-8-14-20(5)15-16-24-21(22)23;2*1-17(2)9-6-10-18(3)11-7-12-19(4)13-8-14-20(5)15-16-21;1-8-2(7)9-3(4,5)6/h17-20H,6-16H2,1-5H3;17-21H,6-16H2,1-5H3;15,17-19,21H,6-14,16H2,1-5H3;1H3/b;;20-15+;. The first-order valence-electron chi connectivity index (χ1n) is 30.7. The number of carbonyl (C=O) groups is 2. The van der Waals surface area contributed by atoms with Crippen LogP contribution in [0.15, 0.2) is 11.6 Å². The van der Waals surface area contributed by atoms with Gasteiger partial charge < -0.3 is 24.4 Å². The van der Waals surface area contributed by atoms with Gasteiger partial charge in [0.15, 0.2) is 0 Å². The second-order valence-corrected chi connectivity index (χ2v) is 27.5. The van der Waals surface area contributed by atoms with E-state index in [-0.39, 0.29) is 6.61 Å². The molecule has 0 bridgehead atoms. The molecule has 0 saturated heterocycles. The van der Waals surface area contributed by atoms with E-state index in [9.17, 15) is 9.59 Å². The van der Waals surface area contributed by atoms with E-state index < -0.39 is 15.6 Å². The van der Waals surface area contributed by atoms with Crippen molar-refractivity contribution in [2.75, 3.05) is 26.9 Å². The molecule has 75 heavy (non-hydrogen) atoms. The van der Waals surface area contributed by atoms with Crippen molar-refractivity contribution in [2.24, 2.45) is 65.1 Å². The molecule has 11 heteroatoms. The fourth-order valence-corrected chi connectivity index (χ4v) is 9.80. The first-order chi connectivity index (χ1) is 35.2. The number of hydrogen-bond donors (Lipinski definition) is 2. The third-order valence-corrected chi connectivity index (χ3v) is 15.3. The van der Waals surface area contributed by atoms with Gasteiger partial charge in [-0.15, -0.1) is 0 Å². The number of aliphatic hydroxyl groups is 2. The fraction of sp³-hybridized carbons (Fsp3) is 0.938. The zero-order valence-electron chi connectivity index (χ0n) is 52.0. The van der Waals surface area contributed by atoms with Crippen LogP contribution in [0, 0.1) is 65.1 Å². The molecular formula is C64H126Cl4O7. The minimum absolute atomic E-state index is 0.191. The highest BCUT2D eigenvalue weighted by molar-refractivity contribution is 6.66. The minimum Gasteiger partial charge on any atom is -0.454 e. The molecule has 0 radical (unpaired) electrons. The van der Waals surface area contributed by atoms with Gasteiger partial charge in [0.1, 0.15) is 0 Å². The van der Waals surface area contributed by atoms with E-state index in [1.165, 1.54) is 173 Å². The highest BCUT2D eigenvalue weighted by Gasteiger charge is 2.25. The average Bonchev–Trinajstić information content (AvgIpc) is 3.29. The lowest BCUT2D eigenvalue weighted by Gasteiger charge is -2.16. The molecule has 452 valence electrons. The van der Waals surface area contributed by atoms with Crippen molar-refractivity contribution in [3.05, 3.63) is 11.6 Å². The third kappa shape index (κ3) is 71.5. The molecule has 7 nitrogen and oxygen atoms in total. The average molecular weight is 1150 g/mol. The maximum absolute atomic E-state index is 10.5. The predicted octanol–water partition coefficient (Wildman–Crippen LogP) is 22.7. The smallest absolute Gasteiger partial charge is 0.454 e. The molecule has 8 atom stereocenters. The summed E-state index contributed by atoms with van der Waals surface area (Å²) in [5.74, 6) is 9.17. The van der Waals surface area contributed by atoms with Gasteiger partial charge in [0.2, 0.25) is 0 Å². The Morgan fingerprint density at radius 1 is 0.440 bits per heavy atom. The summed E-state index contributed by atoms with van der Waals surface area (Å²) in [7, 11) is 1.11. The number of halogens is 4. The van der Waals surface area contributed by atoms with Crippen LogP contribution >= 0.6 is 46.4 Å². The van der Waals surface area contributed by atoms with Crippen LogP contribution in [-0.4, -0.2) is 52.7 Å². The van der Waals surface area contributed by atoms with Gasteiger partial charge in [-0.25, -0.2) is 9.59 Å².